The number of hydrogen-bond donors (Lipinski definition) is 0. The molecule has 1 aliphatic rings. The SMILES string of the molecule is CC(=O)CN1CCC(Oc2ncnc3c2nc(-c2cnc(C(C)(C)C)s2)n3C)C1. The molecule has 29 heavy (non-hydrogen) atoms. The summed E-state index contributed by atoms with van der Waals surface area (Å²) in [7, 11) is 1.95. The molecule has 0 radical (unpaired) electrons. The molecule has 9 heteroatoms. The van der Waals surface area contributed by atoms with E-state index in [1.165, 1.54) is 6.33 Å². The van der Waals surface area contributed by atoms with E-state index in [9.17, 15) is 4.79 Å². The minimum absolute atomic E-state index is 0.00417. The Balaban J connectivity index is 1.62. The van der Waals surface area contributed by atoms with Gasteiger partial charge in [-0.1, -0.05) is 20.8 Å². The molecule has 1 saturated heterocycles. The van der Waals surface area contributed by atoms with Crippen LogP contribution in [0.5, 0.6) is 5.88 Å². The van der Waals surface area contributed by atoms with Crippen LogP contribution >= 0.6 is 11.3 Å². The molecular formula is C20H26N6O2S. The number of Topliss-reactive ketones (excluding diaryl/α,β-unsaturated/α-hetero) is 1. The first kappa shape index (κ1) is 19.9. The van der Waals surface area contributed by atoms with E-state index in [1.807, 2.05) is 17.8 Å². The number of ketones is 1. The number of ether oxygens (including phenoxy) is 1. The van der Waals surface area contributed by atoms with Crippen molar-refractivity contribution in [3.63, 3.8) is 0 Å². The second-order valence-electron chi connectivity index (χ2n) is 8.59. The molecule has 3 aromatic heterocycles. The van der Waals surface area contributed by atoms with Crippen LogP contribution in [0.2, 0.25) is 0 Å². The fraction of sp³-hybridized carbons (Fsp3) is 0.550. The zero-order valence-electron chi connectivity index (χ0n) is 17.5. The van der Waals surface area contributed by atoms with E-state index in [0.717, 1.165) is 34.3 Å². The number of likely N-dealkylation sites (tertiary alicyclic amines) is 1. The molecular weight excluding hydrogens is 388 g/mol. The average molecular weight is 415 g/mol. The van der Waals surface area contributed by atoms with Gasteiger partial charge in [0, 0.05) is 31.7 Å². The zero-order chi connectivity index (χ0) is 20.8. The van der Waals surface area contributed by atoms with Crippen LogP contribution in [0, 0.1) is 0 Å². The largest absolute Gasteiger partial charge is 0.471 e. The summed E-state index contributed by atoms with van der Waals surface area (Å²) in [5.74, 6) is 1.47. The highest BCUT2D eigenvalue weighted by molar-refractivity contribution is 7.15. The molecule has 4 rings (SSSR count). The molecule has 1 atom stereocenters. The van der Waals surface area contributed by atoms with Gasteiger partial charge in [0.1, 0.15) is 18.2 Å². The van der Waals surface area contributed by atoms with Crippen molar-refractivity contribution in [3.8, 4) is 16.6 Å². The van der Waals surface area contributed by atoms with E-state index in [1.54, 1.807) is 18.3 Å². The zero-order valence-corrected chi connectivity index (χ0v) is 18.3. The molecule has 0 saturated carbocycles. The number of aromatic nitrogens is 5. The summed E-state index contributed by atoms with van der Waals surface area (Å²) in [6.07, 6.45) is 4.24. The summed E-state index contributed by atoms with van der Waals surface area (Å²) >= 11 is 1.64. The van der Waals surface area contributed by atoms with Gasteiger partial charge in [-0.25, -0.2) is 15.0 Å². The van der Waals surface area contributed by atoms with Gasteiger partial charge in [-0.05, 0) is 13.3 Å². The second kappa shape index (κ2) is 7.46. The third-order valence-electron chi connectivity index (χ3n) is 4.94. The first-order valence-corrected chi connectivity index (χ1v) is 10.6. The van der Waals surface area contributed by atoms with Crippen LogP contribution in [0.4, 0.5) is 0 Å². The third kappa shape index (κ3) is 4.02. The average Bonchev–Trinajstić information content (AvgIpc) is 3.34. The monoisotopic (exact) mass is 414 g/mol. The van der Waals surface area contributed by atoms with Crippen LogP contribution in [0.25, 0.3) is 21.9 Å². The molecule has 4 heterocycles. The fourth-order valence-electron chi connectivity index (χ4n) is 3.52. The molecule has 154 valence electrons. The molecule has 0 N–H and O–H groups in total. The van der Waals surface area contributed by atoms with Crippen LogP contribution in [0.3, 0.4) is 0 Å². The molecule has 8 nitrogen and oxygen atoms in total. The molecule has 1 fully saturated rings. The van der Waals surface area contributed by atoms with E-state index in [-0.39, 0.29) is 17.3 Å². The molecule has 3 aromatic rings. The van der Waals surface area contributed by atoms with E-state index < -0.39 is 0 Å². The highest BCUT2D eigenvalue weighted by Crippen LogP contribution is 2.34. The smallest absolute Gasteiger partial charge is 0.245 e. The maximum absolute atomic E-state index is 11.4. The highest BCUT2D eigenvalue weighted by Gasteiger charge is 2.27. The maximum atomic E-state index is 11.4. The van der Waals surface area contributed by atoms with Crippen LogP contribution < -0.4 is 4.74 Å². The Labute approximate surface area is 174 Å². The predicted octanol–water partition coefficient (Wildman–Crippen LogP) is 2.83. The van der Waals surface area contributed by atoms with E-state index in [4.69, 9.17) is 9.72 Å². The Morgan fingerprint density at radius 2 is 2.10 bits per heavy atom. The van der Waals surface area contributed by atoms with Gasteiger partial charge >= 0.3 is 0 Å². The fourth-order valence-corrected chi connectivity index (χ4v) is 4.52. The van der Waals surface area contributed by atoms with Crippen molar-refractivity contribution in [3.05, 3.63) is 17.5 Å². The minimum atomic E-state index is -0.00574. The summed E-state index contributed by atoms with van der Waals surface area (Å²) in [4.78, 5) is 32.6. The summed E-state index contributed by atoms with van der Waals surface area (Å²) in [6, 6.07) is 0. The maximum Gasteiger partial charge on any atom is 0.245 e. The Kier molecular flexibility index (Phi) is 5.12. The summed E-state index contributed by atoms with van der Waals surface area (Å²) in [5, 5.41) is 1.07. The summed E-state index contributed by atoms with van der Waals surface area (Å²) in [5.41, 5.74) is 1.38. The lowest BCUT2D eigenvalue weighted by Crippen LogP contribution is -2.29. The Bertz CT molecular complexity index is 1050. The van der Waals surface area contributed by atoms with Gasteiger partial charge in [0.15, 0.2) is 17.0 Å². The van der Waals surface area contributed by atoms with E-state index >= 15 is 0 Å². The van der Waals surface area contributed by atoms with Gasteiger partial charge in [0.25, 0.3) is 0 Å². The molecule has 0 bridgehead atoms. The van der Waals surface area contributed by atoms with Crippen LogP contribution in [0.1, 0.15) is 39.1 Å². The van der Waals surface area contributed by atoms with E-state index in [0.29, 0.717) is 24.5 Å². The predicted molar refractivity (Wildman–Crippen MR) is 112 cm³/mol. The lowest BCUT2D eigenvalue weighted by Gasteiger charge is -2.15. The Morgan fingerprint density at radius 3 is 2.79 bits per heavy atom. The molecule has 1 unspecified atom stereocenters. The number of aryl methyl sites for hydroxylation is 1. The lowest BCUT2D eigenvalue weighted by molar-refractivity contribution is -0.117. The van der Waals surface area contributed by atoms with Crippen molar-refractivity contribution in [2.45, 2.75) is 45.6 Å². The van der Waals surface area contributed by atoms with Gasteiger partial charge in [-0.15, -0.1) is 11.3 Å². The molecule has 0 spiro atoms. The van der Waals surface area contributed by atoms with Crippen molar-refractivity contribution in [1.29, 1.82) is 0 Å². The van der Waals surface area contributed by atoms with Crippen molar-refractivity contribution >= 4 is 28.3 Å². The number of imidazole rings is 1. The molecule has 0 amide bonds. The van der Waals surface area contributed by atoms with Crippen molar-refractivity contribution in [2.24, 2.45) is 7.05 Å². The topological polar surface area (TPSA) is 86.0 Å². The highest BCUT2D eigenvalue weighted by atomic mass is 32.1. The van der Waals surface area contributed by atoms with Crippen molar-refractivity contribution in [2.75, 3.05) is 19.6 Å². The molecule has 1 aliphatic heterocycles. The number of nitrogens with zero attached hydrogens (tertiary/aromatic N) is 6. The first-order valence-electron chi connectivity index (χ1n) is 9.75. The van der Waals surface area contributed by atoms with Gasteiger partial charge < -0.3 is 9.30 Å². The summed E-state index contributed by atoms with van der Waals surface area (Å²) < 4.78 is 8.13. The van der Waals surface area contributed by atoms with Gasteiger partial charge in [0.05, 0.1) is 16.4 Å². The number of rotatable bonds is 5. The van der Waals surface area contributed by atoms with Crippen molar-refractivity contribution in [1.82, 2.24) is 29.4 Å². The normalized spacial score (nSPS) is 17.9. The second-order valence-corrected chi connectivity index (χ2v) is 9.62. The number of carbonyl (C=O) groups excluding carboxylic acids is 1. The Hall–Kier alpha value is -2.39. The third-order valence-corrected chi connectivity index (χ3v) is 6.36. The van der Waals surface area contributed by atoms with Gasteiger partial charge in [-0.3, -0.25) is 9.69 Å². The van der Waals surface area contributed by atoms with Crippen LogP contribution in [-0.4, -0.2) is 60.9 Å². The first-order chi connectivity index (χ1) is 13.7. The van der Waals surface area contributed by atoms with E-state index in [2.05, 4.69) is 40.6 Å². The number of fused-ring (bicyclic) bond motifs is 1. The molecule has 0 aromatic carbocycles. The lowest BCUT2D eigenvalue weighted by atomic mass is 9.98. The van der Waals surface area contributed by atoms with Crippen molar-refractivity contribution < 1.29 is 9.53 Å². The molecule has 0 aliphatic carbocycles. The van der Waals surface area contributed by atoms with Gasteiger partial charge in [-0.2, -0.15) is 4.98 Å². The number of thiazole rings is 1. The van der Waals surface area contributed by atoms with Gasteiger partial charge in [0.2, 0.25) is 5.88 Å². The number of carbonyl (C=O) groups is 1. The number of hydrogen-bond acceptors (Lipinski definition) is 8. The van der Waals surface area contributed by atoms with Crippen LogP contribution in [-0.2, 0) is 17.3 Å². The van der Waals surface area contributed by atoms with Crippen LogP contribution in [0.15, 0.2) is 12.5 Å². The quantitative estimate of drug-likeness (QED) is 0.634. The standard InChI is InChI=1S/C20H26N6O2S/c1-12(27)9-26-7-6-13(10-26)28-18-15-17(22-11-23-18)25(5)16(24-15)14-8-21-19(29-14)20(2,3)4/h8,11,13H,6-7,9-10H2,1-5H3. The minimum Gasteiger partial charge on any atom is -0.471 e. The Morgan fingerprint density at radius 1 is 1.31 bits per heavy atom. The summed E-state index contributed by atoms with van der Waals surface area (Å²) in [6.45, 7) is 10.1.